The van der Waals surface area contributed by atoms with Gasteiger partial charge in [0.25, 0.3) is 0 Å². The van der Waals surface area contributed by atoms with E-state index >= 15 is 0 Å². The summed E-state index contributed by atoms with van der Waals surface area (Å²) in [6, 6.07) is 14.3. The quantitative estimate of drug-likeness (QED) is 0.636. The van der Waals surface area contributed by atoms with Crippen molar-refractivity contribution in [2.45, 2.75) is 20.0 Å². The normalized spacial score (nSPS) is 12.0. The highest BCUT2D eigenvalue weighted by Crippen LogP contribution is 2.20. The predicted molar refractivity (Wildman–Crippen MR) is 86.1 cm³/mol. The summed E-state index contributed by atoms with van der Waals surface area (Å²) >= 11 is 0. The molecule has 116 valence electrons. The van der Waals surface area contributed by atoms with Gasteiger partial charge in [0.15, 0.2) is 0 Å². The molecule has 2 N–H and O–H groups in total. The highest BCUT2D eigenvalue weighted by molar-refractivity contribution is 5.92. The summed E-state index contributed by atoms with van der Waals surface area (Å²) < 4.78 is 5.41. The number of likely N-dealkylation sites (N-methyl/N-ethyl adjacent to an activating group) is 1. The third-order valence-electron chi connectivity index (χ3n) is 3.41. The lowest BCUT2D eigenvalue weighted by Gasteiger charge is -2.13. The van der Waals surface area contributed by atoms with Gasteiger partial charge in [0.2, 0.25) is 0 Å². The molecule has 4 nitrogen and oxygen atoms in total. The Balaban J connectivity index is 2.10. The third-order valence-corrected chi connectivity index (χ3v) is 3.41. The molecule has 0 fully saturated rings. The molecule has 0 spiro atoms. The van der Waals surface area contributed by atoms with Crippen LogP contribution in [-0.4, -0.2) is 24.2 Å². The average molecular weight is 299 g/mol. The zero-order valence-electron chi connectivity index (χ0n) is 12.9. The molecule has 0 radical (unpaired) electrons. The first kappa shape index (κ1) is 16.2. The van der Waals surface area contributed by atoms with Crippen LogP contribution in [0.2, 0.25) is 0 Å². The van der Waals surface area contributed by atoms with Crippen LogP contribution >= 0.6 is 0 Å². The van der Waals surface area contributed by atoms with E-state index in [2.05, 4.69) is 5.32 Å². The molecule has 0 amide bonds. The van der Waals surface area contributed by atoms with Crippen LogP contribution in [0.4, 0.5) is 0 Å². The molecule has 0 saturated carbocycles. The van der Waals surface area contributed by atoms with E-state index in [1.165, 1.54) is 0 Å². The maximum absolute atomic E-state index is 12.2. The number of aliphatic hydroxyl groups excluding tert-OH is 1. The predicted octanol–water partition coefficient (Wildman–Crippen LogP) is 2.86. The van der Waals surface area contributed by atoms with Crippen molar-refractivity contribution < 1.29 is 14.6 Å². The molecule has 0 aliphatic heterocycles. The lowest BCUT2D eigenvalue weighted by atomic mass is 10.1. The van der Waals surface area contributed by atoms with Crippen LogP contribution in [-0.2, 0) is 0 Å². The summed E-state index contributed by atoms with van der Waals surface area (Å²) in [6.07, 6.45) is -0.628. The van der Waals surface area contributed by atoms with Gasteiger partial charge >= 0.3 is 5.97 Å². The fourth-order valence-electron chi connectivity index (χ4n) is 2.15. The molecule has 0 aromatic heterocycles. The minimum Gasteiger partial charge on any atom is -0.423 e. The summed E-state index contributed by atoms with van der Waals surface area (Å²) in [5.74, 6) is 0.0396. The zero-order chi connectivity index (χ0) is 15.9. The molecule has 0 aliphatic rings. The standard InChI is InChI=1S/C18H21NO3/c1-3-19-12-17(20)14-8-6-9-15(11-14)22-18(21)16-10-5-4-7-13(16)2/h4-11,17,19-20H,3,12H2,1-2H3/t17-/m0/s1. The number of ether oxygens (including phenoxy) is 1. The van der Waals surface area contributed by atoms with E-state index in [0.717, 1.165) is 17.7 Å². The van der Waals surface area contributed by atoms with Gasteiger partial charge in [-0.3, -0.25) is 0 Å². The largest absolute Gasteiger partial charge is 0.423 e. The van der Waals surface area contributed by atoms with E-state index in [4.69, 9.17) is 4.74 Å². The summed E-state index contributed by atoms with van der Waals surface area (Å²) in [5.41, 5.74) is 2.13. The van der Waals surface area contributed by atoms with Gasteiger partial charge in [-0.15, -0.1) is 0 Å². The van der Waals surface area contributed by atoms with Crippen molar-refractivity contribution in [3.63, 3.8) is 0 Å². The van der Waals surface area contributed by atoms with Gasteiger partial charge in [0.1, 0.15) is 5.75 Å². The maximum atomic E-state index is 12.2. The molecular formula is C18H21NO3. The number of nitrogens with one attached hydrogen (secondary N) is 1. The van der Waals surface area contributed by atoms with Gasteiger partial charge in [0, 0.05) is 6.54 Å². The van der Waals surface area contributed by atoms with Gasteiger partial charge < -0.3 is 15.2 Å². The fraction of sp³-hybridized carbons (Fsp3) is 0.278. The average Bonchev–Trinajstić information content (AvgIpc) is 2.53. The molecule has 22 heavy (non-hydrogen) atoms. The highest BCUT2D eigenvalue weighted by Gasteiger charge is 2.13. The first-order valence-electron chi connectivity index (χ1n) is 7.38. The summed E-state index contributed by atoms with van der Waals surface area (Å²) in [6.45, 7) is 5.10. The number of carbonyl (C=O) groups excluding carboxylic acids is 1. The smallest absolute Gasteiger partial charge is 0.343 e. The minimum atomic E-state index is -0.628. The first-order chi connectivity index (χ1) is 10.6. The van der Waals surface area contributed by atoms with Crippen LogP contribution < -0.4 is 10.1 Å². The van der Waals surface area contributed by atoms with Gasteiger partial charge in [-0.05, 0) is 42.8 Å². The number of benzene rings is 2. The maximum Gasteiger partial charge on any atom is 0.343 e. The Morgan fingerprint density at radius 1 is 1.23 bits per heavy atom. The Morgan fingerprint density at radius 3 is 2.73 bits per heavy atom. The third kappa shape index (κ3) is 4.16. The number of hydrogen-bond acceptors (Lipinski definition) is 4. The monoisotopic (exact) mass is 299 g/mol. The lowest BCUT2D eigenvalue weighted by molar-refractivity contribution is 0.0733. The molecule has 4 heteroatoms. The van der Waals surface area contributed by atoms with Gasteiger partial charge in [-0.2, -0.15) is 0 Å². The van der Waals surface area contributed by atoms with E-state index in [-0.39, 0.29) is 0 Å². The summed E-state index contributed by atoms with van der Waals surface area (Å²) in [5, 5.41) is 13.2. The van der Waals surface area contributed by atoms with Crippen molar-refractivity contribution in [1.29, 1.82) is 0 Å². The van der Waals surface area contributed by atoms with Crippen molar-refractivity contribution in [2.75, 3.05) is 13.1 Å². The number of esters is 1. The molecule has 0 aliphatic carbocycles. The van der Waals surface area contributed by atoms with Crippen molar-refractivity contribution in [1.82, 2.24) is 5.32 Å². The zero-order valence-corrected chi connectivity index (χ0v) is 12.9. The van der Waals surface area contributed by atoms with Crippen molar-refractivity contribution in [3.05, 3.63) is 65.2 Å². The van der Waals surface area contributed by atoms with Crippen LogP contribution in [0.25, 0.3) is 0 Å². The van der Waals surface area contributed by atoms with E-state index in [1.807, 2.05) is 32.0 Å². The highest BCUT2D eigenvalue weighted by atomic mass is 16.5. The van der Waals surface area contributed by atoms with Crippen LogP contribution in [0.5, 0.6) is 5.75 Å². The number of carbonyl (C=O) groups is 1. The van der Waals surface area contributed by atoms with Gasteiger partial charge in [-0.25, -0.2) is 4.79 Å². The van der Waals surface area contributed by atoms with E-state index in [9.17, 15) is 9.90 Å². The molecule has 1 atom stereocenters. The lowest BCUT2D eigenvalue weighted by Crippen LogP contribution is -2.20. The Hall–Kier alpha value is -2.17. The van der Waals surface area contributed by atoms with Gasteiger partial charge in [-0.1, -0.05) is 37.3 Å². The molecule has 0 heterocycles. The second kappa shape index (κ2) is 7.73. The van der Waals surface area contributed by atoms with Crippen molar-refractivity contribution in [3.8, 4) is 5.75 Å². The number of aryl methyl sites for hydroxylation is 1. The molecule has 2 rings (SSSR count). The Kier molecular flexibility index (Phi) is 5.69. The Bertz CT molecular complexity index is 640. The van der Waals surface area contributed by atoms with E-state index in [1.54, 1.807) is 30.3 Å². The second-order valence-corrected chi connectivity index (χ2v) is 5.10. The van der Waals surface area contributed by atoms with Crippen LogP contribution in [0.1, 0.15) is 34.5 Å². The molecule has 2 aromatic rings. The fourth-order valence-corrected chi connectivity index (χ4v) is 2.15. The van der Waals surface area contributed by atoms with Crippen LogP contribution in [0.15, 0.2) is 48.5 Å². The molecule has 0 saturated heterocycles. The van der Waals surface area contributed by atoms with Crippen molar-refractivity contribution in [2.24, 2.45) is 0 Å². The minimum absolute atomic E-state index is 0.392. The molecule has 2 aromatic carbocycles. The van der Waals surface area contributed by atoms with Crippen LogP contribution in [0.3, 0.4) is 0 Å². The summed E-state index contributed by atoms with van der Waals surface area (Å²) in [7, 11) is 0. The number of aliphatic hydroxyl groups is 1. The number of hydrogen-bond donors (Lipinski definition) is 2. The Morgan fingerprint density at radius 2 is 2.00 bits per heavy atom. The van der Waals surface area contributed by atoms with Gasteiger partial charge in [0.05, 0.1) is 11.7 Å². The van der Waals surface area contributed by atoms with E-state index < -0.39 is 12.1 Å². The van der Waals surface area contributed by atoms with E-state index in [0.29, 0.717) is 17.9 Å². The summed E-state index contributed by atoms with van der Waals surface area (Å²) in [4.78, 5) is 12.2. The van der Waals surface area contributed by atoms with Crippen LogP contribution in [0, 0.1) is 6.92 Å². The number of rotatable bonds is 6. The second-order valence-electron chi connectivity index (χ2n) is 5.10. The molecular weight excluding hydrogens is 278 g/mol. The first-order valence-corrected chi connectivity index (χ1v) is 7.38. The van der Waals surface area contributed by atoms with Crippen molar-refractivity contribution >= 4 is 5.97 Å². The Labute approximate surface area is 130 Å². The SMILES string of the molecule is CCNC[C@H](O)c1cccc(OC(=O)c2ccccc2C)c1. The topological polar surface area (TPSA) is 58.6 Å². The molecule has 0 bridgehead atoms. The molecule has 0 unspecified atom stereocenters.